The molecule has 0 aliphatic carbocycles. The van der Waals surface area contributed by atoms with Gasteiger partial charge in [0.2, 0.25) is 0 Å². The smallest absolute Gasteiger partial charge is 0.410 e. The van der Waals surface area contributed by atoms with E-state index in [4.69, 9.17) is 9.47 Å². The number of hydrogen-bond acceptors (Lipinski definition) is 4. The summed E-state index contributed by atoms with van der Waals surface area (Å²) >= 11 is 0. The minimum Gasteiger partial charge on any atom is -0.496 e. The van der Waals surface area contributed by atoms with Crippen molar-refractivity contribution in [2.24, 2.45) is 0 Å². The van der Waals surface area contributed by atoms with Crippen molar-refractivity contribution in [3.63, 3.8) is 0 Å². The van der Waals surface area contributed by atoms with Crippen LogP contribution in [-0.2, 0) is 24.1 Å². The Kier molecular flexibility index (Phi) is 4.94. The number of carbonyl (C=O) groups is 1. The first kappa shape index (κ1) is 19.3. The fourth-order valence-corrected chi connectivity index (χ4v) is 3.78. The summed E-state index contributed by atoms with van der Waals surface area (Å²) in [4.78, 5) is 22.4. The SMILES string of the molecule is COc1ccccc1Cc1cnc2[nH]c3c(c2c1)CN(C(=O)OC(C)(C)C)CC3. The Morgan fingerprint density at radius 3 is 2.83 bits per heavy atom. The van der Waals surface area contributed by atoms with Crippen molar-refractivity contribution in [3.8, 4) is 5.75 Å². The molecule has 0 spiro atoms. The van der Waals surface area contributed by atoms with Crippen LogP contribution < -0.4 is 4.74 Å². The lowest BCUT2D eigenvalue weighted by Crippen LogP contribution is -2.39. The number of H-pyrrole nitrogens is 1. The number of methoxy groups -OCH3 is 1. The molecule has 152 valence electrons. The Morgan fingerprint density at radius 1 is 1.28 bits per heavy atom. The molecule has 0 unspecified atom stereocenters. The monoisotopic (exact) mass is 393 g/mol. The van der Waals surface area contributed by atoms with Crippen LogP contribution in [0, 0.1) is 0 Å². The Morgan fingerprint density at radius 2 is 2.07 bits per heavy atom. The largest absolute Gasteiger partial charge is 0.496 e. The first-order chi connectivity index (χ1) is 13.8. The summed E-state index contributed by atoms with van der Waals surface area (Å²) in [5, 5.41) is 1.07. The summed E-state index contributed by atoms with van der Waals surface area (Å²) < 4.78 is 11.0. The number of pyridine rings is 1. The summed E-state index contributed by atoms with van der Waals surface area (Å²) in [6.45, 7) is 6.84. The molecule has 6 nitrogen and oxygen atoms in total. The van der Waals surface area contributed by atoms with Crippen LogP contribution in [0.5, 0.6) is 5.75 Å². The normalized spacial score (nSPS) is 14.0. The van der Waals surface area contributed by atoms with E-state index in [0.29, 0.717) is 13.1 Å². The number of ether oxygens (including phenoxy) is 2. The van der Waals surface area contributed by atoms with E-state index >= 15 is 0 Å². The molecule has 0 saturated carbocycles. The number of hydrogen-bond donors (Lipinski definition) is 1. The van der Waals surface area contributed by atoms with Crippen LogP contribution >= 0.6 is 0 Å². The molecule has 0 bridgehead atoms. The second-order valence-electron chi connectivity index (χ2n) is 8.46. The summed E-state index contributed by atoms with van der Waals surface area (Å²) in [7, 11) is 1.69. The summed E-state index contributed by atoms with van der Waals surface area (Å²) in [6.07, 6.45) is 3.15. The van der Waals surface area contributed by atoms with Gasteiger partial charge >= 0.3 is 6.09 Å². The van der Waals surface area contributed by atoms with E-state index in [2.05, 4.69) is 22.1 Å². The Bertz CT molecular complexity index is 1050. The van der Waals surface area contributed by atoms with E-state index in [0.717, 1.165) is 52.0 Å². The Balaban J connectivity index is 1.62. The molecule has 2 aromatic heterocycles. The van der Waals surface area contributed by atoms with Crippen LogP contribution in [0.2, 0.25) is 0 Å². The molecule has 3 aromatic rings. The third-order valence-electron chi connectivity index (χ3n) is 5.12. The van der Waals surface area contributed by atoms with Gasteiger partial charge in [0.25, 0.3) is 0 Å². The molecular weight excluding hydrogens is 366 g/mol. The number of fused-ring (bicyclic) bond motifs is 3. The predicted molar refractivity (Wildman–Crippen MR) is 112 cm³/mol. The lowest BCUT2D eigenvalue weighted by atomic mass is 10.0. The van der Waals surface area contributed by atoms with Crippen LogP contribution in [0.4, 0.5) is 4.79 Å². The van der Waals surface area contributed by atoms with Gasteiger partial charge in [-0.05, 0) is 44.0 Å². The van der Waals surface area contributed by atoms with Gasteiger partial charge < -0.3 is 19.4 Å². The second-order valence-corrected chi connectivity index (χ2v) is 8.46. The van der Waals surface area contributed by atoms with Crippen molar-refractivity contribution in [1.82, 2.24) is 14.9 Å². The zero-order valence-electron chi connectivity index (χ0n) is 17.4. The number of nitrogens with one attached hydrogen (secondary N) is 1. The Labute approximate surface area is 170 Å². The molecule has 1 aliphatic rings. The van der Waals surface area contributed by atoms with Crippen molar-refractivity contribution < 1.29 is 14.3 Å². The quantitative estimate of drug-likeness (QED) is 0.714. The maximum Gasteiger partial charge on any atom is 0.410 e. The Hall–Kier alpha value is -3.02. The van der Waals surface area contributed by atoms with E-state index in [9.17, 15) is 4.79 Å². The van der Waals surface area contributed by atoms with Crippen molar-refractivity contribution in [3.05, 3.63) is 58.9 Å². The molecule has 6 heteroatoms. The molecule has 1 aliphatic heterocycles. The van der Waals surface area contributed by atoms with Crippen molar-refractivity contribution in [2.75, 3.05) is 13.7 Å². The summed E-state index contributed by atoms with van der Waals surface area (Å²) in [6, 6.07) is 10.2. The molecule has 3 heterocycles. The molecule has 0 atom stereocenters. The van der Waals surface area contributed by atoms with Crippen molar-refractivity contribution in [1.29, 1.82) is 0 Å². The zero-order chi connectivity index (χ0) is 20.6. The summed E-state index contributed by atoms with van der Waals surface area (Å²) in [5.41, 5.74) is 4.88. The van der Waals surface area contributed by atoms with Crippen LogP contribution in [0.25, 0.3) is 11.0 Å². The van der Waals surface area contributed by atoms with Crippen LogP contribution in [0.1, 0.15) is 43.2 Å². The van der Waals surface area contributed by atoms with E-state index < -0.39 is 5.60 Å². The van der Waals surface area contributed by atoms with Gasteiger partial charge in [0.15, 0.2) is 0 Å². The average molecular weight is 393 g/mol. The van der Waals surface area contributed by atoms with Gasteiger partial charge in [-0.2, -0.15) is 0 Å². The molecule has 1 N–H and O–H groups in total. The number of carbonyl (C=O) groups excluding carboxylic acids is 1. The highest BCUT2D eigenvalue weighted by Gasteiger charge is 2.28. The number of aromatic nitrogens is 2. The fourth-order valence-electron chi connectivity index (χ4n) is 3.78. The van der Waals surface area contributed by atoms with Gasteiger partial charge in [-0.3, -0.25) is 0 Å². The maximum absolute atomic E-state index is 12.5. The highest BCUT2D eigenvalue weighted by molar-refractivity contribution is 5.83. The van der Waals surface area contributed by atoms with Crippen molar-refractivity contribution in [2.45, 2.75) is 45.8 Å². The predicted octanol–water partition coefficient (Wildman–Crippen LogP) is 4.46. The topological polar surface area (TPSA) is 67.5 Å². The highest BCUT2D eigenvalue weighted by atomic mass is 16.6. The van der Waals surface area contributed by atoms with Gasteiger partial charge in [-0.15, -0.1) is 0 Å². The van der Waals surface area contributed by atoms with E-state index in [1.165, 1.54) is 0 Å². The maximum atomic E-state index is 12.5. The van der Waals surface area contributed by atoms with E-state index in [1.54, 1.807) is 12.0 Å². The molecule has 0 fully saturated rings. The minimum atomic E-state index is -0.499. The molecule has 1 amide bonds. The van der Waals surface area contributed by atoms with Gasteiger partial charge in [0.1, 0.15) is 17.0 Å². The minimum absolute atomic E-state index is 0.268. The second kappa shape index (κ2) is 7.43. The molecule has 0 saturated heterocycles. The standard InChI is InChI=1S/C23H27N3O3/c1-23(2,3)29-22(27)26-10-9-19-18(14-26)17-12-15(13-24-21(17)25-19)11-16-7-5-6-8-20(16)28-4/h5-8,12-13H,9-11,14H2,1-4H3,(H,24,25). The number of nitrogens with zero attached hydrogens (tertiary/aromatic N) is 2. The lowest BCUT2D eigenvalue weighted by molar-refractivity contribution is 0.0224. The highest BCUT2D eigenvalue weighted by Crippen LogP contribution is 2.29. The van der Waals surface area contributed by atoms with Gasteiger partial charge in [0, 0.05) is 42.2 Å². The lowest BCUT2D eigenvalue weighted by Gasteiger charge is -2.30. The number of aromatic amines is 1. The number of amides is 1. The van der Waals surface area contributed by atoms with E-state index in [-0.39, 0.29) is 6.09 Å². The third kappa shape index (κ3) is 4.06. The number of para-hydroxylation sites is 1. The first-order valence-corrected chi connectivity index (χ1v) is 9.92. The molecule has 4 rings (SSSR count). The van der Waals surface area contributed by atoms with Gasteiger partial charge in [0.05, 0.1) is 13.7 Å². The van der Waals surface area contributed by atoms with Gasteiger partial charge in [-0.25, -0.2) is 9.78 Å². The van der Waals surface area contributed by atoms with Gasteiger partial charge in [-0.1, -0.05) is 18.2 Å². The average Bonchev–Trinajstić information content (AvgIpc) is 3.04. The fraction of sp³-hybridized carbons (Fsp3) is 0.391. The third-order valence-corrected chi connectivity index (χ3v) is 5.12. The first-order valence-electron chi connectivity index (χ1n) is 9.92. The van der Waals surface area contributed by atoms with E-state index in [1.807, 2.05) is 45.2 Å². The molecule has 0 radical (unpaired) electrons. The molecule has 29 heavy (non-hydrogen) atoms. The molecular formula is C23H27N3O3. The van der Waals surface area contributed by atoms with Crippen LogP contribution in [-0.4, -0.2) is 40.2 Å². The van der Waals surface area contributed by atoms with Crippen LogP contribution in [0.3, 0.4) is 0 Å². The number of rotatable bonds is 3. The number of benzene rings is 1. The summed E-state index contributed by atoms with van der Waals surface area (Å²) in [5.74, 6) is 0.875. The zero-order valence-corrected chi connectivity index (χ0v) is 17.4. The molecule has 1 aromatic carbocycles. The van der Waals surface area contributed by atoms with Crippen LogP contribution in [0.15, 0.2) is 36.5 Å². The van der Waals surface area contributed by atoms with Crippen molar-refractivity contribution >= 4 is 17.1 Å².